The molecule has 6 nitrogen and oxygen atoms in total. The van der Waals surface area contributed by atoms with Gasteiger partial charge in [-0.3, -0.25) is 4.79 Å². The normalized spacial score (nSPS) is 13.3. The van der Waals surface area contributed by atoms with Crippen LogP contribution in [-0.4, -0.2) is 36.7 Å². The van der Waals surface area contributed by atoms with Crippen molar-refractivity contribution in [3.8, 4) is 22.8 Å². The second-order valence-corrected chi connectivity index (χ2v) is 8.46. The molecule has 1 aliphatic heterocycles. The largest absolute Gasteiger partial charge is 0.493 e. The van der Waals surface area contributed by atoms with E-state index in [9.17, 15) is 9.18 Å². The third-order valence-electron chi connectivity index (χ3n) is 6.26. The first-order chi connectivity index (χ1) is 17.6. The topological polar surface area (TPSA) is 64.8 Å². The number of fused-ring (bicyclic) bond motifs is 1. The van der Waals surface area contributed by atoms with Gasteiger partial charge < -0.3 is 18.9 Å². The van der Waals surface area contributed by atoms with Gasteiger partial charge in [0, 0.05) is 29.7 Å². The molecule has 5 rings (SSSR count). The summed E-state index contributed by atoms with van der Waals surface area (Å²) in [6.45, 7) is 0.859. The van der Waals surface area contributed by atoms with Gasteiger partial charge in [-0.05, 0) is 53.6 Å². The van der Waals surface area contributed by atoms with Crippen LogP contribution in [-0.2, 0) is 17.8 Å². The van der Waals surface area contributed by atoms with E-state index in [1.54, 1.807) is 31.3 Å². The van der Waals surface area contributed by atoms with Crippen molar-refractivity contribution >= 4 is 17.6 Å². The summed E-state index contributed by atoms with van der Waals surface area (Å²) in [6.07, 6.45) is 2.44. The molecule has 0 radical (unpaired) electrons. The zero-order valence-corrected chi connectivity index (χ0v) is 20.0. The third kappa shape index (κ3) is 4.60. The fourth-order valence-electron chi connectivity index (χ4n) is 4.38. The van der Waals surface area contributed by atoms with E-state index in [4.69, 9.17) is 14.0 Å². The molecule has 0 saturated heterocycles. The Labute approximate surface area is 208 Å². The number of aromatic nitrogens is 1. The van der Waals surface area contributed by atoms with Gasteiger partial charge in [0.25, 0.3) is 5.91 Å². The molecule has 0 fully saturated rings. The van der Waals surface area contributed by atoms with Gasteiger partial charge in [0.15, 0.2) is 17.3 Å². The van der Waals surface area contributed by atoms with Crippen molar-refractivity contribution in [1.82, 2.24) is 10.1 Å². The quantitative estimate of drug-likeness (QED) is 0.262. The number of nitrogens with zero attached hydrogens (tertiary/aromatic N) is 2. The Hall–Kier alpha value is -4.39. The van der Waals surface area contributed by atoms with Crippen LogP contribution in [0.3, 0.4) is 0 Å². The van der Waals surface area contributed by atoms with Gasteiger partial charge in [-0.1, -0.05) is 41.6 Å². The molecular formula is C29H25FN2O4. The van der Waals surface area contributed by atoms with Crippen molar-refractivity contribution in [2.24, 2.45) is 0 Å². The smallest absolute Gasteiger partial charge is 0.254 e. The molecule has 3 aromatic carbocycles. The van der Waals surface area contributed by atoms with E-state index >= 15 is 0 Å². The highest BCUT2D eigenvalue weighted by molar-refractivity contribution is 6.24. The van der Waals surface area contributed by atoms with Gasteiger partial charge in [0.2, 0.25) is 0 Å². The lowest BCUT2D eigenvalue weighted by Gasteiger charge is -2.27. The van der Waals surface area contributed by atoms with Crippen LogP contribution in [0.1, 0.15) is 22.4 Å². The average Bonchev–Trinajstić information content (AvgIpc) is 3.35. The predicted molar refractivity (Wildman–Crippen MR) is 135 cm³/mol. The Kier molecular flexibility index (Phi) is 6.54. The Morgan fingerprint density at radius 1 is 1.00 bits per heavy atom. The van der Waals surface area contributed by atoms with Crippen LogP contribution in [0.4, 0.5) is 4.39 Å². The highest BCUT2D eigenvalue weighted by atomic mass is 19.1. The van der Waals surface area contributed by atoms with Gasteiger partial charge in [-0.15, -0.1) is 0 Å². The second kappa shape index (κ2) is 10.1. The molecule has 36 heavy (non-hydrogen) atoms. The molecule has 1 aromatic heterocycles. The number of hydrogen-bond acceptors (Lipinski definition) is 5. The number of ether oxygens (including phenoxy) is 2. The van der Waals surface area contributed by atoms with E-state index in [-0.39, 0.29) is 11.7 Å². The Morgan fingerprint density at radius 2 is 1.75 bits per heavy atom. The van der Waals surface area contributed by atoms with E-state index in [0.717, 1.165) is 27.9 Å². The van der Waals surface area contributed by atoms with E-state index in [1.165, 1.54) is 12.1 Å². The van der Waals surface area contributed by atoms with E-state index in [0.29, 0.717) is 42.3 Å². The molecule has 0 aliphatic carbocycles. The van der Waals surface area contributed by atoms with Crippen molar-refractivity contribution < 1.29 is 23.2 Å². The second-order valence-electron chi connectivity index (χ2n) is 8.46. The van der Waals surface area contributed by atoms with Crippen LogP contribution in [0.25, 0.3) is 23.0 Å². The summed E-state index contributed by atoms with van der Waals surface area (Å²) in [5, 5.41) is 4.21. The minimum atomic E-state index is -0.322. The Morgan fingerprint density at radius 3 is 2.47 bits per heavy atom. The Balaban J connectivity index is 1.50. The summed E-state index contributed by atoms with van der Waals surface area (Å²) in [5.41, 5.74) is 4.58. The van der Waals surface area contributed by atoms with Gasteiger partial charge in [-0.2, -0.15) is 0 Å². The SMILES string of the molecule is COc1ccc(/C=C(/C(=O)N2CCc3noc(-c4ccc(F)cc4)c3C2)c2ccccc2)cc1OC. The maximum Gasteiger partial charge on any atom is 0.254 e. The van der Waals surface area contributed by atoms with E-state index in [1.807, 2.05) is 54.6 Å². The minimum Gasteiger partial charge on any atom is -0.493 e. The zero-order chi connectivity index (χ0) is 25.1. The lowest BCUT2D eigenvalue weighted by molar-refractivity contribution is -0.125. The third-order valence-corrected chi connectivity index (χ3v) is 6.26. The number of benzene rings is 3. The van der Waals surface area contributed by atoms with Crippen LogP contribution >= 0.6 is 0 Å². The van der Waals surface area contributed by atoms with Crippen LogP contribution in [0, 0.1) is 5.82 Å². The standard InChI is InChI=1S/C29H25FN2O4/c1-34-26-13-8-19(17-27(26)35-2)16-23(20-6-4-3-5-7-20)29(33)32-15-14-25-24(18-32)28(36-31-25)21-9-11-22(30)12-10-21/h3-13,16-17H,14-15,18H2,1-2H3/b23-16+. The number of rotatable bonds is 6. The van der Waals surface area contributed by atoms with E-state index < -0.39 is 0 Å². The van der Waals surface area contributed by atoms with Crippen LogP contribution in [0.5, 0.6) is 11.5 Å². The van der Waals surface area contributed by atoms with Crippen molar-refractivity contribution in [2.75, 3.05) is 20.8 Å². The fraction of sp³-hybridized carbons (Fsp3) is 0.172. The molecule has 0 unspecified atom stereocenters. The van der Waals surface area contributed by atoms with Crippen molar-refractivity contribution in [1.29, 1.82) is 0 Å². The average molecular weight is 485 g/mol. The van der Waals surface area contributed by atoms with E-state index in [2.05, 4.69) is 5.16 Å². The molecule has 4 aromatic rings. The van der Waals surface area contributed by atoms with Crippen LogP contribution in [0.15, 0.2) is 77.3 Å². The highest BCUT2D eigenvalue weighted by Crippen LogP contribution is 2.33. The van der Waals surface area contributed by atoms with Gasteiger partial charge in [0.05, 0.1) is 26.5 Å². The summed E-state index contributed by atoms with van der Waals surface area (Å²) in [5.74, 6) is 1.34. The Bertz CT molecular complexity index is 1410. The monoisotopic (exact) mass is 484 g/mol. The molecule has 1 amide bonds. The summed E-state index contributed by atoms with van der Waals surface area (Å²) in [4.78, 5) is 15.7. The van der Waals surface area contributed by atoms with Crippen molar-refractivity contribution in [3.05, 3.63) is 101 Å². The number of hydrogen-bond donors (Lipinski definition) is 0. The fourth-order valence-corrected chi connectivity index (χ4v) is 4.38. The van der Waals surface area contributed by atoms with Gasteiger partial charge >= 0.3 is 0 Å². The summed E-state index contributed by atoms with van der Waals surface area (Å²) in [7, 11) is 3.17. The molecule has 0 bridgehead atoms. The number of halogens is 1. The van der Waals surface area contributed by atoms with Crippen LogP contribution in [0.2, 0.25) is 0 Å². The molecule has 0 spiro atoms. The highest BCUT2D eigenvalue weighted by Gasteiger charge is 2.29. The maximum absolute atomic E-state index is 13.9. The molecule has 0 atom stereocenters. The molecule has 1 aliphatic rings. The van der Waals surface area contributed by atoms with Crippen LogP contribution < -0.4 is 9.47 Å². The number of carbonyl (C=O) groups excluding carboxylic acids is 1. The first-order valence-corrected chi connectivity index (χ1v) is 11.6. The molecular weight excluding hydrogens is 459 g/mol. The lowest BCUT2D eigenvalue weighted by atomic mass is 9.98. The molecule has 7 heteroatoms. The van der Waals surface area contributed by atoms with Gasteiger partial charge in [0.1, 0.15) is 5.82 Å². The maximum atomic E-state index is 13.9. The minimum absolute atomic E-state index is 0.104. The number of carbonyl (C=O) groups is 1. The number of amides is 1. The predicted octanol–water partition coefficient (Wildman–Crippen LogP) is 5.62. The van der Waals surface area contributed by atoms with Crippen molar-refractivity contribution in [2.45, 2.75) is 13.0 Å². The molecule has 2 heterocycles. The van der Waals surface area contributed by atoms with Crippen molar-refractivity contribution in [3.63, 3.8) is 0 Å². The molecule has 182 valence electrons. The van der Waals surface area contributed by atoms with Gasteiger partial charge in [-0.25, -0.2) is 4.39 Å². The summed E-state index contributed by atoms with van der Waals surface area (Å²) < 4.78 is 29.8. The summed E-state index contributed by atoms with van der Waals surface area (Å²) in [6, 6.07) is 21.2. The summed E-state index contributed by atoms with van der Waals surface area (Å²) >= 11 is 0. The number of methoxy groups -OCH3 is 2. The first kappa shape index (κ1) is 23.4. The lowest BCUT2D eigenvalue weighted by Crippen LogP contribution is -2.36. The molecule has 0 saturated carbocycles. The first-order valence-electron chi connectivity index (χ1n) is 11.6. The zero-order valence-electron chi connectivity index (χ0n) is 20.0. The molecule has 0 N–H and O–H groups in total.